The molecule has 0 aliphatic carbocycles. The van der Waals surface area contributed by atoms with Crippen molar-refractivity contribution in [2.75, 3.05) is 25.0 Å². The molecular weight excluding hydrogens is 323 g/mol. The Hall–Kier alpha value is -2.44. The second-order valence-electron chi connectivity index (χ2n) is 5.89. The fraction of sp³-hybridized carbons (Fsp3) is 0.316. The van der Waals surface area contributed by atoms with E-state index in [4.69, 9.17) is 9.47 Å². The molecular formula is C19H21FN2O3. The summed E-state index contributed by atoms with van der Waals surface area (Å²) < 4.78 is 24.1. The number of carbonyl (C=O) groups excluding carboxylic acids is 1. The van der Waals surface area contributed by atoms with E-state index in [1.165, 1.54) is 12.1 Å². The summed E-state index contributed by atoms with van der Waals surface area (Å²) in [6.07, 6.45) is 0.222. The zero-order valence-corrected chi connectivity index (χ0v) is 13.8. The number of halogens is 1. The van der Waals surface area contributed by atoms with Gasteiger partial charge < -0.3 is 20.1 Å². The van der Waals surface area contributed by atoms with Crippen molar-refractivity contribution in [1.29, 1.82) is 0 Å². The summed E-state index contributed by atoms with van der Waals surface area (Å²) in [4.78, 5) is 12.1. The fourth-order valence-corrected chi connectivity index (χ4v) is 2.58. The number of hydrogen-bond donors (Lipinski definition) is 2. The Morgan fingerprint density at radius 2 is 2.12 bits per heavy atom. The molecule has 2 N–H and O–H groups in total. The van der Waals surface area contributed by atoms with Crippen LogP contribution in [0.4, 0.5) is 10.1 Å². The molecule has 0 unspecified atom stereocenters. The zero-order chi connectivity index (χ0) is 17.5. The van der Waals surface area contributed by atoms with Crippen LogP contribution in [0, 0.1) is 5.82 Å². The minimum atomic E-state index is -0.273. The molecule has 1 aliphatic rings. The highest BCUT2D eigenvalue weighted by Gasteiger charge is 2.17. The van der Waals surface area contributed by atoms with Gasteiger partial charge in [-0.1, -0.05) is 18.2 Å². The lowest BCUT2D eigenvalue weighted by Crippen LogP contribution is -2.40. The molecule has 0 aromatic heterocycles. The van der Waals surface area contributed by atoms with Crippen LogP contribution in [-0.2, 0) is 16.1 Å². The molecule has 6 heteroatoms. The number of nitrogens with one attached hydrogen (secondary N) is 2. The lowest BCUT2D eigenvalue weighted by molar-refractivity contribution is -0.119. The highest BCUT2D eigenvalue weighted by Crippen LogP contribution is 2.19. The van der Waals surface area contributed by atoms with Gasteiger partial charge in [0.25, 0.3) is 0 Å². The van der Waals surface area contributed by atoms with Crippen molar-refractivity contribution in [2.45, 2.75) is 19.1 Å². The Morgan fingerprint density at radius 1 is 1.28 bits per heavy atom. The third-order valence-electron chi connectivity index (χ3n) is 3.85. The van der Waals surface area contributed by atoms with Gasteiger partial charge in [-0.2, -0.15) is 0 Å². The summed E-state index contributed by atoms with van der Waals surface area (Å²) in [7, 11) is 0. The molecule has 1 aliphatic heterocycles. The van der Waals surface area contributed by atoms with Crippen LogP contribution in [0.5, 0.6) is 5.75 Å². The summed E-state index contributed by atoms with van der Waals surface area (Å²) in [6.45, 7) is 2.48. The first kappa shape index (κ1) is 17.4. The van der Waals surface area contributed by atoms with E-state index in [1.807, 2.05) is 18.2 Å². The molecule has 25 heavy (non-hydrogen) atoms. The van der Waals surface area contributed by atoms with Crippen molar-refractivity contribution in [3.63, 3.8) is 0 Å². The van der Waals surface area contributed by atoms with Gasteiger partial charge in [-0.25, -0.2) is 4.39 Å². The normalized spacial score (nSPS) is 17.1. The van der Waals surface area contributed by atoms with E-state index < -0.39 is 0 Å². The van der Waals surface area contributed by atoms with Crippen LogP contribution in [0.1, 0.15) is 12.0 Å². The minimum Gasteiger partial charge on any atom is -0.489 e. The molecule has 0 saturated carbocycles. The predicted molar refractivity (Wildman–Crippen MR) is 93.0 cm³/mol. The van der Waals surface area contributed by atoms with Gasteiger partial charge in [-0.05, 0) is 29.8 Å². The van der Waals surface area contributed by atoms with Crippen LogP contribution >= 0.6 is 0 Å². The largest absolute Gasteiger partial charge is 0.489 e. The molecule has 3 rings (SSSR count). The number of amides is 1. The van der Waals surface area contributed by atoms with Gasteiger partial charge in [0, 0.05) is 24.8 Å². The quantitative estimate of drug-likeness (QED) is 0.846. The van der Waals surface area contributed by atoms with Crippen molar-refractivity contribution in [2.24, 2.45) is 0 Å². The van der Waals surface area contributed by atoms with E-state index in [2.05, 4.69) is 10.6 Å². The smallest absolute Gasteiger partial charge is 0.227 e. The first-order valence-corrected chi connectivity index (χ1v) is 8.28. The Kier molecular flexibility index (Phi) is 5.98. The number of anilines is 1. The van der Waals surface area contributed by atoms with Gasteiger partial charge >= 0.3 is 0 Å². The van der Waals surface area contributed by atoms with Crippen molar-refractivity contribution < 1.29 is 18.7 Å². The van der Waals surface area contributed by atoms with Gasteiger partial charge in [0.2, 0.25) is 5.91 Å². The summed E-state index contributed by atoms with van der Waals surface area (Å²) in [6, 6.07) is 13.4. The Morgan fingerprint density at radius 3 is 2.88 bits per heavy atom. The van der Waals surface area contributed by atoms with E-state index in [1.54, 1.807) is 18.2 Å². The van der Waals surface area contributed by atoms with E-state index in [0.29, 0.717) is 37.6 Å². The topological polar surface area (TPSA) is 59.6 Å². The van der Waals surface area contributed by atoms with E-state index >= 15 is 0 Å². The summed E-state index contributed by atoms with van der Waals surface area (Å²) in [5, 5.41) is 6.06. The molecule has 1 heterocycles. The number of carbonyl (C=O) groups is 1. The predicted octanol–water partition coefficient (Wildman–Crippen LogP) is 2.72. The second kappa shape index (κ2) is 8.60. The summed E-state index contributed by atoms with van der Waals surface area (Å²) >= 11 is 0. The van der Waals surface area contributed by atoms with Crippen LogP contribution in [0.25, 0.3) is 0 Å². The average Bonchev–Trinajstić information content (AvgIpc) is 2.62. The third-order valence-corrected chi connectivity index (χ3v) is 3.85. The van der Waals surface area contributed by atoms with Gasteiger partial charge in [0.05, 0.1) is 19.1 Å². The summed E-state index contributed by atoms with van der Waals surface area (Å²) in [5.41, 5.74) is 1.54. The second-order valence-corrected chi connectivity index (χ2v) is 5.89. The molecule has 0 bridgehead atoms. The lowest BCUT2D eigenvalue weighted by Gasteiger charge is -2.23. The van der Waals surface area contributed by atoms with Crippen molar-refractivity contribution in [3.8, 4) is 5.75 Å². The summed E-state index contributed by atoms with van der Waals surface area (Å²) in [5.74, 6) is 0.271. The first-order valence-electron chi connectivity index (χ1n) is 8.28. The number of benzene rings is 2. The number of ether oxygens (including phenoxy) is 2. The average molecular weight is 344 g/mol. The molecule has 1 atom stereocenters. The van der Waals surface area contributed by atoms with Gasteiger partial charge in [-0.3, -0.25) is 4.79 Å². The number of hydrogen-bond acceptors (Lipinski definition) is 4. The lowest BCUT2D eigenvalue weighted by atomic mass is 10.2. The molecule has 132 valence electrons. The number of rotatable bonds is 6. The maximum atomic E-state index is 12.9. The highest BCUT2D eigenvalue weighted by molar-refractivity contribution is 5.91. The van der Waals surface area contributed by atoms with Crippen LogP contribution < -0.4 is 15.4 Å². The van der Waals surface area contributed by atoms with Gasteiger partial charge in [0.1, 0.15) is 18.2 Å². The van der Waals surface area contributed by atoms with Crippen molar-refractivity contribution in [3.05, 3.63) is 59.9 Å². The maximum absolute atomic E-state index is 12.9. The maximum Gasteiger partial charge on any atom is 0.227 e. The fourth-order valence-electron chi connectivity index (χ4n) is 2.58. The standard InChI is InChI=1S/C19H21FN2O3/c20-15-6-4-14(5-7-15)13-25-17-3-1-2-16(10-17)22-19(23)11-18-12-21-8-9-24-18/h1-7,10,18,21H,8-9,11-13H2,(H,22,23)/t18-/m0/s1. The number of morpholine rings is 1. The zero-order valence-electron chi connectivity index (χ0n) is 13.8. The highest BCUT2D eigenvalue weighted by atomic mass is 19.1. The van der Waals surface area contributed by atoms with Crippen LogP contribution in [0.2, 0.25) is 0 Å². The van der Waals surface area contributed by atoms with Crippen LogP contribution in [0.15, 0.2) is 48.5 Å². The molecule has 2 aromatic rings. The third kappa shape index (κ3) is 5.55. The van der Waals surface area contributed by atoms with E-state index in [9.17, 15) is 9.18 Å². The van der Waals surface area contributed by atoms with Gasteiger partial charge in [-0.15, -0.1) is 0 Å². The van der Waals surface area contributed by atoms with Crippen molar-refractivity contribution in [1.82, 2.24) is 5.32 Å². The Balaban J connectivity index is 1.51. The molecule has 5 nitrogen and oxygen atoms in total. The van der Waals surface area contributed by atoms with Crippen molar-refractivity contribution >= 4 is 11.6 Å². The first-order chi connectivity index (χ1) is 12.2. The van der Waals surface area contributed by atoms with Crippen LogP contribution in [-0.4, -0.2) is 31.7 Å². The molecule has 1 saturated heterocycles. The van der Waals surface area contributed by atoms with E-state index in [-0.39, 0.29) is 17.8 Å². The molecule has 0 radical (unpaired) electrons. The monoisotopic (exact) mass is 344 g/mol. The SMILES string of the molecule is O=C(C[C@H]1CNCCO1)Nc1cccc(OCc2ccc(F)cc2)c1. The Bertz CT molecular complexity index is 700. The molecule has 1 fully saturated rings. The Labute approximate surface area is 146 Å². The van der Waals surface area contributed by atoms with Gasteiger partial charge in [0.15, 0.2) is 0 Å². The molecule has 1 amide bonds. The molecule has 0 spiro atoms. The minimum absolute atomic E-state index is 0.0911. The molecule has 2 aromatic carbocycles. The van der Waals surface area contributed by atoms with Crippen LogP contribution in [0.3, 0.4) is 0 Å². The van der Waals surface area contributed by atoms with E-state index in [0.717, 1.165) is 12.1 Å².